The predicted octanol–water partition coefficient (Wildman–Crippen LogP) is -2.76. The van der Waals surface area contributed by atoms with Crippen molar-refractivity contribution >= 4 is 49.4 Å². The normalized spacial score (nSPS) is 15.6. The van der Waals surface area contributed by atoms with Gasteiger partial charge in [0.1, 0.15) is 24.2 Å². The summed E-state index contributed by atoms with van der Waals surface area (Å²) < 4.78 is 15.7. The van der Waals surface area contributed by atoms with Crippen LogP contribution < -0.4 is 27.0 Å². The van der Waals surface area contributed by atoms with E-state index in [4.69, 9.17) is 25.7 Å². The Morgan fingerprint density at radius 2 is 1.21 bits per heavy atom. The summed E-state index contributed by atoms with van der Waals surface area (Å²) in [5.41, 5.74) is 5.21. The van der Waals surface area contributed by atoms with Gasteiger partial charge in [0, 0.05) is 12.8 Å². The van der Waals surface area contributed by atoms with Crippen molar-refractivity contribution in [2.24, 2.45) is 11.7 Å². The Hall–Kier alpha value is -3.64. The molecule has 0 aliphatic rings. The first-order valence-electron chi connectivity index (χ1n) is 12.6. The molecule has 0 fully saturated rings. The Labute approximate surface area is 240 Å². The minimum absolute atomic E-state index is 0.346. The molecule has 0 aliphatic heterocycles. The molecular weight excluding hydrogens is 589 g/mol. The molecule has 4 amide bonds. The number of carbonyl (C=O) groups excluding carboxylic acids is 4. The molecule has 0 radical (unpaired) electrons. The molecule has 0 bridgehead atoms. The number of amides is 4. The molecule has 0 spiro atoms. The smallest absolute Gasteiger partial charge is 0.469 e. The summed E-state index contributed by atoms with van der Waals surface area (Å²) in [7, 11) is -5.17. The molecule has 0 aromatic heterocycles. The molecule has 240 valence electrons. The highest BCUT2D eigenvalue weighted by atomic mass is 31.2. The molecule has 0 aromatic carbocycles. The lowest BCUT2D eigenvalue weighted by molar-refractivity contribution is -0.144. The molecule has 0 saturated heterocycles. The Balaban J connectivity index is 6.15. The summed E-state index contributed by atoms with van der Waals surface area (Å²) in [5, 5.41) is 36.2. The Morgan fingerprint density at radius 1 is 0.762 bits per heavy atom. The monoisotopic (exact) mass is 627 g/mol. The lowest BCUT2D eigenvalue weighted by Gasteiger charge is -2.28. The number of hydrogen-bond donors (Lipinski definition) is 10. The lowest BCUT2D eigenvalue weighted by atomic mass is 9.98. The van der Waals surface area contributed by atoms with Gasteiger partial charge in [-0.05, 0) is 25.7 Å². The van der Waals surface area contributed by atoms with E-state index in [-0.39, 0.29) is 0 Å². The van der Waals surface area contributed by atoms with Crippen molar-refractivity contribution < 1.29 is 67.8 Å². The van der Waals surface area contributed by atoms with E-state index in [2.05, 4.69) is 25.8 Å². The van der Waals surface area contributed by atoms with E-state index in [0.717, 1.165) is 6.92 Å². The van der Waals surface area contributed by atoms with Crippen LogP contribution >= 0.6 is 7.82 Å². The van der Waals surface area contributed by atoms with Gasteiger partial charge in [0.2, 0.25) is 23.6 Å². The SMILES string of the molecule is CC[C@H](C)[C@H](NC(=O)[C@H](CCC(=O)O)NC(=O)[C@H](CCC(=O)O)NC(=O)[C@@H](NC(=O)CN)[C@@H](C)OP(=O)(O)O)C(=O)O. The molecule has 0 unspecified atom stereocenters. The quantitative estimate of drug-likeness (QED) is 0.0611. The third-order valence-electron chi connectivity index (χ3n) is 5.89. The third kappa shape index (κ3) is 14.8. The fourth-order valence-corrected chi connectivity index (χ4v) is 4.00. The van der Waals surface area contributed by atoms with Crippen molar-refractivity contribution in [1.82, 2.24) is 21.3 Å². The topological polar surface area (TPSA) is 321 Å². The first-order chi connectivity index (χ1) is 19.3. The van der Waals surface area contributed by atoms with Crippen LogP contribution in [0.15, 0.2) is 0 Å². The molecular formula is C22H38N5O14P. The fourth-order valence-electron chi connectivity index (χ4n) is 3.45. The number of nitrogens with one attached hydrogen (secondary N) is 4. The number of carboxylic acid groups (broad SMARTS) is 3. The van der Waals surface area contributed by atoms with Crippen molar-refractivity contribution in [1.29, 1.82) is 0 Å². The maximum atomic E-state index is 13.1. The molecule has 11 N–H and O–H groups in total. The minimum Gasteiger partial charge on any atom is -0.481 e. The average Bonchev–Trinajstić information content (AvgIpc) is 2.87. The van der Waals surface area contributed by atoms with E-state index >= 15 is 0 Å². The number of carbonyl (C=O) groups is 7. The highest BCUT2D eigenvalue weighted by molar-refractivity contribution is 7.46. The Bertz CT molecular complexity index is 1050. The van der Waals surface area contributed by atoms with Crippen LogP contribution in [0.2, 0.25) is 0 Å². The molecule has 0 saturated carbocycles. The zero-order valence-corrected chi connectivity index (χ0v) is 24.0. The summed E-state index contributed by atoms with van der Waals surface area (Å²) in [4.78, 5) is 103. The number of phosphoric ester groups is 1. The zero-order chi connectivity index (χ0) is 32.8. The average molecular weight is 628 g/mol. The van der Waals surface area contributed by atoms with Crippen molar-refractivity contribution in [2.75, 3.05) is 6.54 Å². The highest BCUT2D eigenvalue weighted by Crippen LogP contribution is 2.38. The molecule has 0 heterocycles. The Kier molecular flexibility index (Phi) is 16.5. The minimum atomic E-state index is -5.17. The van der Waals surface area contributed by atoms with Crippen LogP contribution in [0, 0.1) is 5.92 Å². The number of hydrogen-bond acceptors (Lipinski definition) is 10. The highest BCUT2D eigenvalue weighted by Gasteiger charge is 2.36. The summed E-state index contributed by atoms with van der Waals surface area (Å²) in [5.74, 6) is -9.14. The van der Waals surface area contributed by atoms with Gasteiger partial charge in [-0.25, -0.2) is 9.36 Å². The first-order valence-corrected chi connectivity index (χ1v) is 14.2. The van der Waals surface area contributed by atoms with Crippen LogP contribution in [0.25, 0.3) is 0 Å². The molecule has 6 atom stereocenters. The van der Waals surface area contributed by atoms with Crippen LogP contribution in [-0.2, 0) is 42.7 Å². The van der Waals surface area contributed by atoms with Crippen molar-refractivity contribution in [3.05, 3.63) is 0 Å². The van der Waals surface area contributed by atoms with Gasteiger partial charge in [0.25, 0.3) is 0 Å². The Morgan fingerprint density at radius 3 is 1.60 bits per heavy atom. The molecule has 42 heavy (non-hydrogen) atoms. The molecule has 0 aromatic rings. The standard InChI is InChI=1S/C22H38N5O14P/c1-4-10(2)17(22(36)37)27-20(34)13(6-8-16(31)32)24-19(33)12(5-7-15(29)30)25-21(35)18(26-14(28)9-23)11(3)41-42(38,39)40/h10-13,17-18H,4-9,23H2,1-3H3,(H,24,33)(H,25,35)(H,26,28)(H,27,34)(H,29,30)(H,31,32)(H,36,37)(H2,38,39,40)/t10-,11+,12-,13-,17-,18-/m0/s1. The molecule has 19 nitrogen and oxygen atoms in total. The maximum absolute atomic E-state index is 13.1. The van der Waals surface area contributed by atoms with E-state index in [1.807, 2.05) is 0 Å². The zero-order valence-electron chi connectivity index (χ0n) is 23.1. The van der Waals surface area contributed by atoms with Gasteiger partial charge in [0.15, 0.2) is 0 Å². The van der Waals surface area contributed by atoms with Crippen molar-refractivity contribution in [3.8, 4) is 0 Å². The van der Waals surface area contributed by atoms with Gasteiger partial charge in [-0.15, -0.1) is 0 Å². The lowest BCUT2D eigenvalue weighted by Crippen LogP contribution is -2.60. The van der Waals surface area contributed by atoms with Crippen LogP contribution in [0.4, 0.5) is 0 Å². The van der Waals surface area contributed by atoms with E-state index in [0.29, 0.717) is 6.42 Å². The predicted molar refractivity (Wildman–Crippen MR) is 140 cm³/mol. The first kappa shape index (κ1) is 38.4. The van der Waals surface area contributed by atoms with Crippen LogP contribution in [0.1, 0.15) is 52.9 Å². The summed E-state index contributed by atoms with van der Waals surface area (Å²) >= 11 is 0. The van der Waals surface area contributed by atoms with Crippen molar-refractivity contribution in [2.45, 2.75) is 83.1 Å². The van der Waals surface area contributed by atoms with E-state index in [9.17, 15) is 43.2 Å². The van der Waals surface area contributed by atoms with Crippen LogP contribution in [0.3, 0.4) is 0 Å². The van der Waals surface area contributed by atoms with Crippen molar-refractivity contribution in [3.63, 3.8) is 0 Å². The van der Waals surface area contributed by atoms with Gasteiger partial charge in [-0.3, -0.25) is 33.3 Å². The largest absolute Gasteiger partial charge is 0.481 e. The number of rotatable bonds is 20. The number of phosphoric acid groups is 1. The summed E-state index contributed by atoms with van der Waals surface area (Å²) in [6.45, 7) is 3.57. The number of nitrogens with two attached hydrogens (primary N) is 1. The number of carboxylic acids is 3. The van der Waals surface area contributed by atoms with Crippen LogP contribution in [-0.4, -0.2) is 103 Å². The number of aliphatic carboxylic acids is 3. The third-order valence-corrected chi connectivity index (χ3v) is 6.50. The van der Waals surface area contributed by atoms with E-state index < -0.39 is 118 Å². The summed E-state index contributed by atoms with van der Waals surface area (Å²) in [6.07, 6.45) is -3.78. The second-order valence-corrected chi connectivity index (χ2v) is 10.4. The molecule has 20 heteroatoms. The fraction of sp³-hybridized carbons (Fsp3) is 0.682. The van der Waals surface area contributed by atoms with Gasteiger partial charge >= 0.3 is 25.7 Å². The second kappa shape index (κ2) is 18.0. The van der Waals surface area contributed by atoms with Crippen LogP contribution in [0.5, 0.6) is 0 Å². The van der Waals surface area contributed by atoms with Gasteiger partial charge < -0.3 is 52.1 Å². The summed E-state index contributed by atoms with van der Waals surface area (Å²) in [6, 6.07) is -6.60. The van der Waals surface area contributed by atoms with E-state index in [1.165, 1.54) is 0 Å². The van der Waals surface area contributed by atoms with Gasteiger partial charge in [-0.2, -0.15) is 0 Å². The van der Waals surface area contributed by atoms with Gasteiger partial charge in [0.05, 0.1) is 12.6 Å². The molecule has 0 rings (SSSR count). The maximum Gasteiger partial charge on any atom is 0.469 e. The van der Waals surface area contributed by atoms with Gasteiger partial charge in [-0.1, -0.05) is 20.3 Å². The molecule has 0 aliphatic carbocycles. The second-order valence-electron chi connectivity index (χ2n) is 9.25. The van der Waals surface area contributed by atoms with E-state index in [1.54, 1.807) is 13.8 Å².